The van der Waals surface area contributed by atoms with Gasteiger partial charge in [-0.3, -0.25) is 0 Å². The maximum atomic E-state index is 8.86. The Morgan fingerprint density at radius 1 is 1.43 bits per heavy atom. The van der Waals surface area contributed by atoms with Crippen LogP contribution >= 0.6 is 7.34 Å². The molecule has 0 aromatic rings. The van der Waals surface area contributed by atoms with Gasteiger partial charge in [0.25, 0.3) is 0 Å². The first-order valence-electron chi connectivity index (χ1n) is 2.41. The molecule has 1 fully saturated rings. The van der Waals surface area contributed by atoms with E-state index in [0.29, 0.717) is 5.66 Å². The first-order chi connectivity index (χ1) is 3.21. The Morgan fingerprint density at radius 2 is 1.71 bits per heavy atom. The van der Waals surface area contributed by atoms with E-state index < -0.39 is 7.34 Å². The molecule has 0 unspecified atom stereocenters. The average molecular weight is 118 g/mol. The SMILES string of the molecule is OP1(O)=C2CC1C2. The molecule has 0 aromatic heterocycles. The van der Waals surface area contributed by atoms with E-state index in [9.17, 15) is 0 Å². The van der Waals surface area contributed by atoms with Gasteiger partial charge in [-0.1, -0.05) is 0 Å². The van der Waals surface area contributed by atoms with Crippen LogP contribution in [-0.2, 0) is 0 Å². The fourth-order valence-corrected chi connectivity index (χ4v) is 2.83. The minimum atomic E-state index is -2.29. The summed E-state index contributed by atoms with van der Waals surface area (Å²) >= 11 is 0. The van der Waals surface area contributed by atoms with Gasteiger partial charge in [0, 0.05) is 5.66 Å². The summed E-state index contributed by atoms with van der Waals surface area (Å²) in [5.41, 5.74) is 0.308. The lowest BCUT2D eigenvalue weighted by Gasteiger charge is -2.49. The van der Waals surface area contributed by atoms with Crippen molar-refractivity contribution in [3.63, 3.8) is 0 Å². The minimum Gasteiger partial charge on any atom is -0.353 e. The lowest BCUT2D eigenvalue weighted by atomic mass is 9.98. The third-order valence-corrected chi connectivity index (χ3v) is 4.60. The lowest BCUT2D eigenvalue weighted by Crippen LogP contribution is -2.42. The first kappa shape index (κ1) is 4.13. The van der Waals surface area contributed by atoms with Crippen LogP contribution in [0, 0.1) is 0 Å². The van der Waals surface area contributed by atoms with Crippen molar-refractivity contribution in [1.29, 1.82) is 0 Å². The van der Waals surface area contributed by atoms with Crippen LogP contribution in [0.2, 0.25) is 0 Å². The molecule has 3 rings (SSSR count). The van der Waals surface area contributed by atoms with E-state index >= 15 is 0 Å². The average Bonchev–Trinajstić information content (AvgIpc) is 1.26. The molecule has 2 N–H and O–H groups in total. The second-order valence-corrected chi connectivity index (χ2v) is 4.94. The molecule has 1 saturated carbocycles. The van der Waals surface area contributed by atoms with Crippen molar-refractivity contribution >= 4 is 12.6 Å². The van der Waals surface area contributed by atoms with Gasteiger partial charge < -0.3 is 9.79 Å². The van der Waals surface area contributed by atoms with Gasteiger partial charge in [0.05, 0.1) is 0 Å². The second kappa shape index (κ2) is 0.838. The Balaban J connectivity index is 2.56. The molecule has 0 amide bonds. The van der Waals surface area contributed by atoms with Gasteiger partial charge in [-0.05, 0) is 18.1 Å². The molecule has 0 atom stereocenters. The number of rotatable bonds is 0. The summed E-state index contributed by atoms with van der Waals surface area (Å²) in [5, 5.41) is 1.04. The van der Waals surface area contributed by atoms with Crippen molar-refractivity contribution in [3.05, 3.63) is 0 Å². The summed E-state index contributed by atoms with van der Waals surface area (Å²) in [6, 6.07) is 0. The Morgan fingerprint density at radius 3 is 1.71 bits per heavy atom. The van der Waals surface area contributed by atoms with Crippen LogP contribution in [0.1, 0.15) is 12.8 Å². The van der Waals surface area contributed by atoms with Crippen LogP contribution in [0.15, 0.2) is 0 Å². The Bertz CT molecular complexity index is 159. The number of hydrogen-bond acceptors (Lipinski definition) is 2. The summed E-state index contributed by atoms with van der Waals surface area (Å²) in [4.78, 5) is 17.7. The van der Waals surface area contributed by atoms with Crippen molar-refractivity contribution in [2.24, 2.45) is 0 Å². The van der Waals surface area contributed by atoms with Gasteiger partial charge in [-0.2, -0.15) is 0 Å². The summed E-state index contributed by atoms with van der Waals surface area (Å²) in [5.74, 6) is 0. The first-order valence-corrected chi connectivity index (χ1v) is 4.17. The standard InChI is InChI=1S/C4H7O2P/c5-7(6)3-1-4(7)2-3/h3,5-6H,1-2H2. The second-order valence-electron chi connectivity index (χ2n) is 2.28. The largest absolute Gasteiger partial charge is 0.353 e. The quantitative estimate of drug-likeness (QED) is 0.445. The summed E-state index contributed by atoms with van der Waals surface area (Å²) in [6.07, 6.45) is 2.03. The third kappa shape index (κ3) is 0.271. The highest BCUT2D eigenvalue weighted by Crippen LogP contribution is 2.67. The zero-order valence-electron chi connectivity index (χ0n) is 3.83. The van der Waals surface area contributed by atoms with Gasteiger partial charge in [0.15, 0.2) is 0 Å². The molecule has 0 radical (unpaired) electrons. The van der Waals surface area contributed by atoms with Crippen molar-refractivity contribution in [3.8, 4) is 0 Å². The summed E-state index contributed by atoms with van der Waals surface area (Å²) < 4.78 is 0. The summed E-state index contributed by atoms with van der Waals surface area (Å²) in [6.45, 7) is 0. The summed E-state index contributed by atoms with van der Waals surface area (Å²) in [7, 11) is -2.29. The van der Waals surface area contributed by atoms with E-state index in [1.54, 1.807) is 0 Å². The van der Waals surface area contributed by atoms with Crippen LogP contribution in [-0.4, -0.2) is 20.7 Å². The highest BCUT2D eigenvalue weighted by atomic mass is 31.2. The highest BCUT2D eigenvalue weighted by molar-refractivity contribution is 7.70. The van der Waals surface area contributed by atoms with Crippen molar-refractivity contribution in [2.75, 3.05) is 0 Å². The fourth-order valence-electron chi connectivity index (χ4n) is 1.04. The molecule has 3 heteroatoms. The minimum absolute atomic E-state index is 0.308. The van der Waals surface area contributed by atoms with E-state index in [4.69, 9.17) is 9.79 Å². The van der Waals surface area contributed by atoms with Crippen LogP contribution in [0.25, 0.3) is 0 Å². The predicted molar refractivity (Wildman–Crippen MR) is 29.4 cm³/mol. The van der Waals surface area contributed by atoms with Gasteiger partial charge in [-0.15, -0.1) is 0 Å². The van der Waals surface area contributed by atoms with Gasteiger partial charge in [-0.25, -0.2) is 0 Å². The molecule has 0 saturated heterocycles. The van der Waals surface area contributed by atoms with Crippen molar-refractivity contribution < 1.29 is 9.79 Å². The highest BCUT2D eigenvalue weighted by Gasteiger charge is 2.49. The number of hydrogen-bond donors (Lipinski definition) is 2. The molecule has 1 aliphatic carbocycles. The monoisotopic (exact) mass is 118 g/mol. The molecule has 3 aliphatic rings. The van der Waals surface area contributed by atoms with Gasteiger partial charge >= 0.3 is 0 Å². The molecule has 2 bridgehead atoms. The molecule has 0 aromatic carbocycles. The molecular formula is C4H7O2P. The van der Waals surface area contributed by atoms with Crippen molar-refractivity contribution in [2.45, 2.75) is 18.5 Å². The molecule has 7 heavy (non-hydrogen) atoms. The van der Waals surface area contributed by atoms with Crippen LogP contribution in [0.4, 0.5) is 0 Å². The fraction of sp³-hybridized carbons (Fsp3) is 0.750. The van der Waals surface area contributed by atoms with E-state index in [1.807, 2.05) is 0 Å². The van der Waals surface area contributed by atoms with E-state index in [0.717, 1.165) is 18.1 Å². The normalized spacial score (nSPS) is 34.3. The van der Waals surface area contributed by atoms with Crippen LogP contribution < -0.4 is 0 Å². The Labute approximate surface area is 41.9 Å². The lowest BCUT2D eigenvalue weighted by molar-refractivity contribution is 0.429. The van der Waals surface area contributed by atoms with Crippen LogP contribution in [0.5, 0.6) is 0 Å². The Hall–Kier alpha value is 0.220. The molecule has 2 nitrogen and oxygen atoms in total. The molecule has 40 valence electrons. The van der Waals surface area contributed by atoms with Crippen LogP contribution in [0.3, 0.4) is 0 Å². The van der Waals surface area contributed by atoms with E-state index in [-0.39, 0.29) is 0 Å². The third-order valence-electron chi connectivity index (χ3n) is 1.92. The maximum Gasteiger partial charge on any atom is 0.122 e. The van der Waals surface area contributed by atoms with E-state index in [1.165, 1.54) is 0 Å². The Kier molecular flexibility index (Phi) is 0.495. The van der Waals surface area contributed by atoms with E-state index in [2.05, 4.69) is 0 Å². The van der Waals surface area contributed by atoms with Gasteiger partial charge in [0.1, 0.15) is 7.34 Å². The predicted octanol–water partition coefficient (Wildman–Crippen LogP) is 0.167. The zero-order valence-corrected chi connectivity index (χ0v) is 4.73. The van der Waals surface area contributed by atoms with Crippen molar-refractivity contribution in [1.82, 2.24) is 0 Å². The molecule has 2 heterocycles. The molecule has 2 aliphatic heterocycles. The smallest absolute Gasteiger partial charge is 0.122 e. The maximum absolute atomic E-state index is 8.86. The van der Waals surface area contributed by atoms with Gasteiger partial charge in [0.2, 0.25) is 0 Å². The topological polar surface area (TPSA) is 40.5 Å². The molecule has 0 spiro atoms. The molecular weight excluding hydrogens is 111 g/mol. The zero-order chi connectivity index (χ0) is 5.07.